The van der Waals surface area contributed by atoms with Gasteiger partial charge >= 0.3 is 12.0 Å². The van der Waals surface area contributed by atoms with Gasteiger partial charge in [0.15, 0.2) is 0 Å². The molecule has 9 heteroatoms. The Labute approximate surface area is 167 Å². The normalized spacial score (nSPS) is 13.9. The average molecular weight is 407 g/mol. The molecule has 1 fully saturated rings. The van der Waals surface area contributed by atoms with Crippen LogP contribution < -0.4 is 10.2 Å². The van der Waals surface area contributed by atoms with Crippen LogP contribution in [0.5, 0.6) is 0 Å². The zero-order chi connectivity index (χ0) is 20.1. The van der Waals surface area contributed by atoms with Crippen LogP contribution >= 0.6 is 11.6 Å². The standard InChI is InChI=1S/C19H20ClFN4O3/c1-28-18(26)13-2-3-14(23-11-13)12-25(15-4-5-17(21)16(20)10-15)19(27)24-8-6-22-7-9-24/h2-5,10-11,22H,6-9,12H2,1H3. The van der Waals surface area contributed by atoms with Gasteiger partial charge in [0.25, 0.3) is 0 Å². The quantitative estimate of drug-likeness (QED) is 0.790. The molecule has 0 spiro atoms. The second kappa shape index (κ2) is 8.99. The van der Waals surface area contributed by atoms with E-state index in [1.54, 1.807) is 17.0 Å². The van der Waals surface area contributed by atoms with Crippen LogP contribution in [-0.2, 0) is 11.3 Å². The second-order valence-corrected chi connectivity index (χ2v) is 6.64. The van der Waals surface area contributed by atoms with Gasteiger partial charge in [-0.2, -0.15) is 0 Å². The molecule has 1 aliphatic heterocycles. The number of amides is 2. The van der Waals surface area contributed by atoms with Gasteiger partial charge in [0.2, 0.25) is 0 Å². The summed E-state index contributed by atoms with van der Waals surface area (Å²) in [5.74, 6) is -1.04. The molecule has 28 heavy (non-hydrogen) atoms. The van der Waals surface area contributed by atoms with Crippen LogP contribution in [0.4, 0.5) is 14.9 Å². The number of rotatable bonds is 4. The zero-order valence-electron chi connectivity index (χ0n) is 15.3. The molecule has 7 nitrogen and oxygen atoms in total. The summed E-state index contributed by atoms with van der Waals surface area (Å²) < 4.78 is 18.3. The van der Waals surface area contributed by atoms with Crippen molar-refractivity contribution in [3.05, 3.63) is 58.6 Å². The number of anilines is 1. The molecule has 1 N–H and O–H groups in total. The van der Waals surface area contributed by atoms with E-state index >= 15 is 0 Å². The van der Waals surface area contributed by atoms with Gasteiger partial charge in [0.05, 0.1) is 29.9 Å². The highest BCUT2D eigenvalue weighted by atomic mass is 35.5. The number of carbonyl (C=O) groups is 2. The fraction of sp³-hybridized carbons (Fsp3) is 0.316. The van der Waals surface area contributed by atoms with Gasteiger partial charge < -0.3 is 15.0 Å². The number of benzene rings is 1. The number of esters is 1. The molecule has 0 saturated carbocycles. The largest absolute Gasteiger partial charge is 0.465 e. The van der Waals surface area contributed by atoms with Crippen molar-refractivity contribution in [3.63, 3.8) is 0 Å². The van der Waals surface area contributed by atoms with Crippen molar-refractivity contribution >= 4 is 29.3 Å². The number of hydrogen-bond acceptors (Lipinski definition) is 5. The van der Waals surface area contributed by atoms with Gasteiger partial charge in [-0.25, -0.2) is 14.0 Å². The van der Waals surface area contributed by atoms with Crippen molar-refractivity contribution < 1.29 is 18.7 Å². The Hall–Kier alpha value is -2.71. The van der Waals surface area contributed by atoms with E-state index in [0.717, 1.165) is 0 Å². The van der Waals surface area contributed by atoms with Crippen molar-refractivity contribution in [2.24, 2.45) is 0 Å². The summed E-state index contributed by atoms with van der Waals surface area (Å²) in [6, 6.07) is 7.16. The first-order chi connectivity index (χ1) is 13.5. The Morgan fingerprint density at radius 2 is 2.04 bits per heavy atom. The third-order valence-electron chi connectivity index (χ3n) is 4.40. The summed E-state index contributed by atoms with van der Waals surface area (Å²) >= 11 is 5.92. The van der Waals surface area contributed by atoms with Crippen LogP contribution in [0.2, 0.25) is 5.02 Å². The number of halogens is 2. The fourth-order valence-corrected chi connectivity index (χ4v) is 3.04. The molecule has 2 aromatic rings. The molecule has 148 valence electrons. The van der Waals surface area contributed by atoms with Gasteiger partial charge in [-0.15, -0.1) is 0 Å². The molecule has 0 aliphatic carbocycles. The third kappa shape index (κ3) is 4.58. The number of nitrogens with one attached hydrogen (secondary N) is 1. The number of nitrogens with zero attached hydrogens (tertiary/aromatic N) is 3. The van der Waals surface area contributed by atoms with Crippen LogP contribution in [0.3, 0.4) is 0 Å². The second-order valence-electron chi connectivity index (χ2n) is 6.23. The number of pyridine rings is 1. The molecule has 0 atom stereocenters. The van der Waals surface area contributed by atoms with Gasteiger partial charge in [0.1, 0.15) is 5.82 Å². The lowest BCUT2D eigenvalue weighted by Gasteiger charge is -2.33. The number of aromatic nitrogens is 1. The molecule has 1 saturated heterocycles. The third-order valence-corrected chi connectivity index (χ3v) is 4.69. The first-order valence-electron chi connectivity index (χ1n) is 8.75. The van der Waals surface area contributed by atoms with Crippen molar-refractivity contribution in [2.75, 3.05) is 38.2 Å². The Balaban J connectivity index is 1.87. The van der Waals surface area contributed by atoms with Gasteiger partial charge in [-0.05, 0) is 30.3 Å². The first-order valence-corrected chi connectivity index (χ1v) is 9.13. The minimum Gasteiger partial charge on any atom is -0.465 e. The highest BCUT2D eigenvalue weighted by Crippen LogP contribution is 2.25. The van der Waals surface area contributed by atoms with Gasteiger partial charge in [-0.3, -0.25) is 9.88 Å². The smallest absolute Gasteiger partial charge is 0.339 e. The Morgan fingerprint density at radius 1 is 1.29 bits per heavy atom. The predicted octanol–water partition coefficient (Wildman–Crippen LogP) is 2.69. The highest BCUT2D eigenvalue weighted by Gasteiger charge is 2.25. The first kappa shape index (κ1) is 20.0. The molecule has 3 rings (SSSR count). The molecule has 1 aromatic heterocycles. The van der Waals surface area contributed by atoms with E-state index in [-0.39, 0.29) is 17.6 Å². The lowest BCUT2D eigenvalue weighted by atomic mass is 10.2. The number of methoxy groups -OCH3 is 1. The summed E-state index contributed by atoms with van der Waals surface area (Å²) in [6.07, 6.45) is 1.40. The van der Waals surface area contributed by atoms with E-state index in [2.05, 4.69) is 15.0 Å². The van der Waals surface area contributed by atoms with E-state index in [0.29, 0.717) is 43.1 Å². The summed E-state index contributed by atoms with van der Waals surface area (Å²) in [6.45, 7) is 2.69. The van der Waals surface area contributed by atoms with Crippen molar-refractivity contribution in [1.82, 2.24) is 15.2 Å². The Bertz CT molecular complexity index is 857. The molecular formula is C19H20ClFN4O3. The summed E-state index contributed by atoms with van der Waals surface area (Å²) in [7, 11) is 1.29. The molecule has 0 radical (unpaired) electrons. The van der Waals surface area contributed by atoms with Crippen molar-refractivity contribution in [2.45, 2.75) is 6.54 Å². The van der Waals surface area contributed by atoms with Crippen LogP contribution in [0.1, 0.15) is 16.1 Å². The molecule has 1 aromatic carbocycles. The number of piperazine rings is 1. The van der Waals surface area contributed by atoms with Crippen molar-refractivity contribution in [3.8, 4) is 0 Å². The summed E-state index contributed by atoms with van der Waals surface area (Å²) in [5, 5.41) is 3.13. The monoisotopic (exact) mass is 406 g/mol. The molecule has 0 bridgehead atoms. The van der Waals surface area contributed by atoms with E-state index in [1.807, 2.05) is 0 Å². The van der Waals surface area contributed by atoms with Crippen LogP contribution in [-0.4, -0.2) is 55.2 Å². The van der Waals surface area contributed by atoms with Gasteiger partial charge in [0, 0.05) is 38.1 Å². The number of urea groups is 1. The van der Waals surface area contributed by atoms with E-state index in [4.69, 9.17) is 11.6 Å². The van der Waals surface area contributed by atoms with Crippen LogP contribution in [0.25, 0.3) is 0 Å². The van der Waals surface area contributed by atoms with Crippen LogP contribution in [0.15, 0.2) is 36.5 Å². The lowest BCUT2D eigenvalue weighted by Crippen LogP contribution is -2.51. The Morgan fingerprint density at radius 3 is 2.64 bits per heavy atom. The number of carbonyl (C=O) groups excluding carboxylic acids is 2. The van der Waals surface area contributed by atoms with E-state index in [1.165, 1.54) is 36.4 Å². The molecule has 1 aliphatic rings. The minimum absolute atomic E-state index is 0.0652. The number of ether oxygens (including phenoxy) is 1. The average Bonchev–Trinajstić information content (AvgIpc) is 2.74. The maximum atomic E-state index is 13.6. The number of hydrogen-bond donors (Lipinski definition) is 1. The summed E-state index contributed by atoms with van der Waals surface area (Å²) in [4.78, 5) is 32.1. The molecule has 2 heterocycles. The molecular weight excluding hydrogens is 387 g/mol. The van der Waals surface area contributed by atoms with Crippen LogP contribution in [0, 0.1) is 5.82 Å². The minimum atomic E-state index is -0.555. The van der Waals surface area contributed by atoms with E-state index < -0.39 is 11.8 Å². The predicted molar refractivity (Wildman–Crippen MR) is 103 cm³/mol. The maximum absolute atomic E-state index is 13.6. The topological polar surface area (TPSA) is 74.8 Å². The van der Waals surface area contributed by atoms with Crippen molar-refractivity contribution in [1.29, 1.82) is 0 Å². The summed E-state index contributed by atoms with van der Waals surface area (Å²) in [5.41, 5.74) is 1.35. The molecule has 0 unspecified atom stereocenters. The van der Waals surface area contributed by atoms with E-state index in [9.17, 15) is 14.0 Å². The SMILES string of the molecule is COC(=O)c1ccc(CN(C(=O)N2CCNCC2)c2ccc(F)c(Cl)c2)nc1. The molecule has 2 amide bonds. The van der Waals surface area contributed by atoms with Gasteiger partial charge in [-0.1, -0.05) is 11.6 Å². The lowest BCUT2D eigenvalue weighted by molar-refractivity contribution is 0.0600. The Kier molecular flexibility index (Phi) is 6.43. The fourth-order valence-electron chi connectivity index (χ4n) is 2.87. The zero-order valence-corrected chi connectivity index (χ0v) is 16.1. The maximum Gasteiger partial charge on any atom is 0.339 e. The highest BCUT2D eigenvalue weighted by molar-refractivity contribution is 6.31.